The van der Waals surface area contributed by atoms with Gasteiger partial charge in [0.25, 0.3) is 5.56 Å². The average Bonchev–Trinajstić information content (AvgIpc) is 2.86. The number of nitrogens with one attached hydrogen (secondary N) is 1. The van der Waals surface area contributed by atoms with Crippen LogP contribution in [0.4, 0.5) is 0 Å². The van der Waals surface area contributed by atoms with Crippen LogP contribution in [0.3, 0.4) is 0 Å². The molecule has 166 valence electrons. The van der Waals surface area contributed by atoms with Crippen molar-refractivity contribution in [3.8, 4) is 22.6 Å². The first-order valence-corrected chi connectivity index (χ1v) is 12.0. The Balaban J connectivity index is 1.27. The lowest BCUT2D eigenvalue weighted by Gasteiger charge is -2.27. The number of hydrogen-bond donors (Lipinski definition) is 1. The second-order valence-corrected chi connectivity index (χ2v) is 9.27. The fraction of sp³-hybridized carbons (Fsp3) is 0.240. The highest BCUT2D eigenvalue weighted by molar-refractivity contribution is 7.99. The van der Waals surface area contributed by atoms with E-state index in [0.717, 1.165) is 53.3 Å². The van der Waals surface area contributed by atoms with E-state index in [9.17, 15) is 4.79 Å². The zero-order valence-electron chi connectivity index (χ0n) is 18.4. The van der Waals surface area contributed by atoms with Gasteiger partial charge in [0, 0.05) is 55.1 Å². The van der Waals surface area contributed by atoms with Gasteiger partial charge in [0.1, 0.15) is 12.2 Å². The van der Waals surface area contributed by atoms with Crippen molar-refractivity contribution in [1.29, 1.82) is 0 Å². The molecule has 1 aliphatic heterocycles. The van der Waals surface area contributed by atoms with E-state index in [4.69, 9.17) is 0 Å². The van der Waals surface area contributed by atoms with Gasteiger partial charge >= 0.3 is 0 Å². The van der Waals surface area contributed by atoms with Crippen LogP contribution < -0.4 is 5.56 Å². The van der Waals surface area contributed by atoms with Gasteiger partial charge in [-0.1, -0.05) is 25.1 Å². The van der Waals surface area contributed by atoms with Crippen molar-refractivity contribution >= 4 is 11.8 Å². The molecule has 4 aromatic rings. The Labute approximate surface area is 196 Å². The topological polar surface area (TPSA) is 87.7 Å². The zero-order valence-corrected chi connectivity index (χ0v) is 19.2. The molecule has 0 saturated heterocycles. The first-order valence-electron chi connectivity index (χ1n) is 11.0. The Morgan fingerprint density at radius 2 is 1.85 bits per heavy atom. The molecular weight excluding hydrogens is 432 g/mol. The molecule has 5 rings (SSSR count). The number of H-pyrrole nitrogens is 1. The largest absolute Gasteiger partial charge is 0.306 e. The summed E-state index contributed by atoms with van der Waals surface area (Å²) in [7, 11) is 0. The number of rotatable bonds is 6. The molecular formula is C25H24N6OS. The quantitative estimate of drug-likeness (QED) is 0.439. The van der Waals surface area contributed by atoms with Crippen molar-refractivity contribution < 1.29 is 0 Å². The first-order chi connectivity index (χ1) is 16.2. The number of thioether (sulfide) groups is 1. The monoisotopic (exact) mass is 456 g/mol. The van der Waals surface area contributed by atoms with E-state index in [-0.39, 0.29) is 5.56 Å². The van der Waals surface area contributed by atoms with Crippen LogP contribution in [0, 0.1) is 0 Å². The molecule has 0 atom stereocenters. The van der Waals surface area contributed by atoms with Crippen molar-refractivity contribution in [3.05, 3.63) is 88.5 Å². The summed E-state index contributed by atoms with van der Waals surface area (Å²) >= 11 is 1.84. The van der Waals surface area contributed by atoms with Crippen molar-refractivity contribution in [2.45, 2.75) is 31.3 Å². The van der Waals surface area contributed by atoms with Crippen LogP contribution >= 0.6 is 11.8 Å². The van der Waals surface area contributed by atoms with Crippen LogP contribution in [0.2, 0.25) is 0 Å². The normalized spacial score (nSPS) is 13.6. The molecule has 3 aromatic heterocycles. The van der Waals surface area contributed by atoms with Gasteiger partial charge in [-0.25, -0.2) is 15.0 Å². The third kappa shape index (κ3) is 4.86. The minimum atomic E-state index is -0.0956. The number of fused-ring (bicyclic) bond motifs is 1. The van der Waals surface area contributed by atoms with Crippen molar-refractivity contribution in [3.63, 3.8) is 0 Å². The third-order valence-electron chi connectivity index (χ3n) is 5.67. The second kappa shape index (κ2) is 9.64. The highest BCUT2D eigenvalue weighted by atomic mass is 32.2. The second-order valence-electron chi connectivity index (χ2n) is 7.94. The molecule has 0 spiro atoms. The van der Waals surface area contributed by atoms with Gasteiger partial charge in [0.05, 0.1) is 22.5 Å². The van der Waals surface area contributed by atoms with Crippen LogP contribution in [-0.4, -0.2) is 42.1 Å². The molecule has 0 unspecified atom stereocenters. The van der Waals surface area contributed by atoms with E-state index in [0.29, 0.717) is 17.9 Å². The molecule has 1 aromatic carbocycles. The molecule has 0 fully saturated rings. The predicted molar refractivity (Wildman–Crippen MR) is 130 cm³/mol. The highest BCUT2D eigenvalue weighted by Crippen LogP contribution is 2.24. The fourth-order valence-electron chi connectivity index (χ4n) is 4.01. The molecule has 4 heterocycles. The fourth-order valence-corrected chi connectivity index (χ4v) is 4.67. The van der Waals surface area contributed by atoms with Gasteiger partial charge in [-0.2, -0.15) is 0 Å². The maximum atomic E-state index is 12.7. The number of hydrogen-bond acceptors (Lipinski definition) is 7. The van der Waals surface area contributed by atoms with Gasteiger partial charge in [0.2, 0.25) is 0 Å². The van der Waals surface area contributed by atoms with E-state index in [1.165, 1.54) is 11.2 Å². The molecule has 1 aliphatic rings. The Bertz CT molecular complexity index is 1290. The smallest absolute Gasteiger partial charge is 0.255 e. The SMILES string of the molecule is CCSc1ccc(-c2ccc(CN3CCc4nc(-c5cncnc5)[nH]c(=O)c4C3)cn2)cc1. The van der Waals surface area contributed by atoms with E-state index in [1.54, 1.807) is 12.4 Å². The van der Waals surface area contributed by atoms with Crippen LogP contribution in [0.5, 0.6) is 0 Å². The standard InChI is InChI=1S/C25H24N6OS/c1-2-33-20-6-4-18(5-7-20)22-8-3-17(11-28-22)14-31-10-9-23-21(15-31)25(32)30-24(29-23)19-12-26-16-27-13-19/h3-8,11-13,16H,2,9-10,14-15H2,1H3,(H,29,30,32). The summed E-state index contributed by atoms with van der Waals surface area (Å²) in [5.74, 6) is 1.59. The zero-order chi connectivity index (χ0) is 22.6. The Kier molecular flexibility index (Phi) is 6.28. The molecule has 0 radical (unpaired) electrons. The van der Waals surface area contributed by atoms with E-state index >= 15 is 0 Å². The van der Waals surface area contributed by atoms with Gasteiger partial charge in [-0.15, -0.1) is 11.8 Å². The minimum Gasteiger partial charge on any atom is -0.306 e. The van der Waals surface area contributed by atoms with Crippen LogP contribution in [0.25, 0.3) is 22.6 Å². The Morgan fingerprint density at radius 1 is 1.03 bits per heavy atom. The first kappa shape index (κ1) is 21.5. The van der Waals surface area contributed by atoms with E-state index in [2.05, 4.69) is 73.1 Å². The molecule has 1 N–H and O–H groups in total. The molecule has 33 heavy (non-hydrogen) atoms. The summed E-state index contributed by atoms with van der Waals surface area (Å²) in [4.78, 5) is 36.5. The van der Waals surface area contributed by atoms with Crippen LogP contribution in [-0.2, 0) is 19.5 Å². The number of benzene rings is 1. The van der Waals surface area contributed by atoms with Gasteiger partial charge in [-0.3, -0.25) is 14.7 Å². The Morgan fingerprint density at radius 3 is 2.58 bits per heavy atom. The lowest BCUT2D eigenvalue weighted by molar-refractivity contribution is 0.241. The van der Waals surface area contributed by atoms with E-state index < -0.39 is 0 Å². The summed E-state index contributed by atoms with van der Waals surface area (Å²) in [5.41, 5.74) is 5.41. The highest BCUT2D eigenvalue weighted by Gasteiger charge is 2.22. The van der Waals surface area contributed by atoms with Crippen molar-refractivity contribution in [1.82, 2.24) is 29.8 Å². The predicted octanol–water partition coefficient (Wildman–Crippen LogP) is 3.96. The molecule has 7 nitrogen and oxygen atoms in total. The summed E-state index contributed by atoms with van der Waals surface area (Å²) in [6.07, 6.45) is 7.43. The Hall–Kier alpha value is -3.36. The number of aromatic amines is 1. The number of pyridine rings is 1. The van der Waals surface area contributed by atoms with Gasteiger partial charge in [-0.05, 0) is 29.5 Å². The third-order valence-corrected chi connectivity index (χ3v) is 6.57. The summed E-state index contributed by atoms with van der Waals surface area (Å²) in [6.45, 7) is 4.31. The van der Waals surface area contributed by atoms with Crippen LogP contribution in [0.15, 0.2) is 71.0 Å². The summed E-state index contributed by atoms with van der Waals surface area (Å²) in [6, 6.07) is 12.7. The molecule has 0 bridgehead atoms. The minimum absolute atomic E-state index is 0.0956. The number of aromatic nitrogens is 5. The molecule has 0 amide bonds. The summed E-state index contributed by atoms with van der Waals surface area (Å²) < 4.78 is 0. The number of nitrogens with zero attached hydrogens (tertiary/aromatic N) is 5. The van der Waals surface area contributed by atoms with Gasteiger partial charge < -0.3 is 4.98 Å². The average molecular weight is 457 g/mol. The molecule has 0 aliphatic carbocycles. The van der Waals surface area contributed by atoms with E-state index in [1.807, 2.05) is 18.0 Å². The van der Waals surface area contributed by atoms with Crippen LogP contribution in [0.1, 0.15) is 23.7 Å². The lowest BCUT2D eigenvalue weighted by Crippen LogP contribution is -2.35. The maximum absolute atomic E-state index is 12.7. The molecule has 0 saturated carbocycles. The van der Waals surface area contributed by atoms with Crippen molar-refractivity contribution in [2.24, 2.45) is 0 Å². The van der Waals surface area contributed by atoms with Crippen molar-refractivity contribution in [2.75, 3.05) is 12.3 Å². The summed E-state index contributed by atoms with van der Waals surface area (Å²) in [5, 5.41) is 0. The molecule has 8 heteroatoms. The lowest BCUT2D eigenvalue weighted by atomic mass is 10.1. The van der Waals surface area contributed by atoms with Gasteiger partial charge in [0.15, 0.2) is 0 Å². The maximum Gasteiger partial charge on any atom is 0.255 e.